The summed E-state index contributed by atoms with van der Waals surface area (Å²) in [4.78, 5) is 2.37. The lowest BCUT2D eigenvalue weighted by Gasteiger charge is -2.31. The first-order valence-electron chi connectivity index (χ1n) is 9.51. The normalized spacial score (nSPS) is 15.1. The van der Waals surface area contributed by atoms with Gasteiger partial charge >= 0.3 is 0 Å². The largest absolute Gasteiger partial charge is 0.378 e. The van der Waals surface area contributed by atoms with Gasteiger partial charge in [-0.05, 0) is 64.7 Å². The molecule has 2 unspecified atom stereocenters. The van der Waals surface area contributed by atoms with Crippen LogP contribution >= 0.6 is 0 Å². The number of hydrogen-bond donors (Lipinski definition) is 0. The molecule has 0 saturated heterocycles. The Morgan fingerprint density at radius 2 is 1.92 bits per heavy atom. The quantitative estimate of drug-likeness (QED) is 0.523. The zero-order valence-electron chi connectivity index (χ0n) is 16.6. The van der Waals surface area contributed by atoms with E-state index in [1.165, 1.54) is 11.3 Å². The third-order valence-electron chi connectivity index (χ3n) is 4.92. The van der Waals surface area contributed by atoms with Gasteiger partial charge in [-0.3, -0.25) is 0 Å². The summed E-state index contributed by atoms with van der Waals surface area (Å²) in [7, 11) is 0. The molecule has 1 aromatic carbocycles. The van der Waals surface area contributed by atoms with E-state index in [1.54, 1.807) is 0 Å². The van der Waals surface area contributed by atoms with Crippen LogP contribution in [0.3, 0.4) is 0 Å². The van der Waals surface area contributed by atoms with Gasteiger partial charge < -0.3 is 14.4 Å². The van der Waals surface area contributed by atoms with Gasteiger partial charge in [0.2, 0.25) is 0 Å². The molecule has 0 bridgehead atoms. The number of nitrogens with zero attached hydrogens (tertiary/aromatic N) is 1. The van der Waals surface area contributed by atoms with Crippen LogP contribution in [-0.4, -0.2) is 38.0 Å². The van der Waals surface area contributed by atoms with E-state index in [0.717, 1.165) is 45.6 Å². The van der Waals surface area contributed by atoms with Crippen LogP contribution in [0.2, 0.25) is 0 Å². The molecule has 1 rings (SSSR count). The highest BCUT2D eigenvalue weighted by molar-refractivity contribution is 5.48. The van der Waals surface area contributed by atoms with E-state index in [2.05, 4.69) is 70.7 Å². The number of anilines is 1. The van der Waals surface area contributed by atoms with Crippen molar-refractivity contribution < 1.29 is 9.47 Å². The molecule has 0 aliphatic carbocycles. The molecule has 0 amide bonds. The first kappa shape index (κ1) is 21.0. The lowest BCUT2D eigenvalue weighted by Crippen LogP contribution is -2.35. The van der Waals surface area contributed by atoms with Gasteiger partial charge in [0.1, 0.15) is 0 Å². The summed E-state index contributed by atoms with van der Waals surface area (Å²) in [6.45, 7) is 16.5. The summed E-state index contributed by atoms with van der Waals surface area (Å²) >= 11 is 0. The fourth-order valence-corrected chi connectivity index (χ4v) is 2.64. The highest BCUT2D eigenvalue weighted by Gasteiger charge is 2.23. The first-order valence-corrected chi connectivity index (χ1v) is 9.51. The molecule has 0 saturated carbocycles. The van der Waals surface area contributed by atoms with Crippen LogP contribution < -0.4 is 4.90 Å². The Morgan fingerprint density at radius 3 is 2.50 bits per heavy atom. The maximum Gasteiger partial charge on any atom is 0.0674 e. The van der Waals surface area contributed by atoms with Crippen molar-refractivity contribution >= 4 is 5.69 Å². The van der Waals surface area contributed by atoms with Gasteiger partial charge in [-0.15, -0.1) is 0 Å². The maximum atomic E-state index is 6.26. The summed E-state index contributed by atoms with van der Waals surface area (Å²) in [6.07, 6.45) is 3.35. The van der Waals surface area contributed by atoms with Crippen molar-refractivity contribution in [2.45, 2.75) is 72.5 Å². The van der Waals surface area contributed by atoms with E-state index in [9.17, 15) is 0 Å². The van der Waals surface area contributed by atoms with Gasteiger partial charge in [0.15, 0.2) is 0 Å². The second-order valence-corrected chi connectivity index (χ2v) is 6.91. The molecule has 138 valence electrons. The first-order chi connectivity index (χ1) is 11.4. The Labute approximate surface area is 149 Å². The van der Waals surface area contributed by atoms with Crippen molar-refractivity contribution in [2.24, 2.45) is 0 Å². The molecule has 0 aliphatic heterocycles. The van der Waals surface area contributed by atoms with Gasteiger partial charge in [-0.1, -0.05) is 26.0 Å². The lowest BCUT2D eigenvalue weighted by molar-refractivity contribution is -0.0604. The second kappa shape index (κ2) is 10.7. The topological polar surface area (TPSA) is 21.7 Å². The molecule has 1 aromatic rings. The van der Waals surface area contributed by atoms with Crippen molar-refractivity contribution in [1.82, 2.24) is 0 Å². The number of ether oxygens (including phenoxy) is 2. The molecule has 0 aliphatic rings. The van der Waals surface area contributed by atoms with Crippen molar-refractivity contribution in [3.63, 3.8) is 0 Å². The molecule has 0 fully saturated rings. The maximum absolute atomic E-state index is 6.26. The summed E-state index contributed by atoms with van der Waals surface area (Å²) in [5, 5.41) is 0. The zero-order valence-corrected chi connectivity index (χ0v) is 16.6. The predicted octanol–water partition coefficient (Wildman–Crippen LogP) is 5.21. The standard InChI is InChI=1S/C21H37NO2/c1-7-19(5)23-15-13-21(6,8-2)24-16-14-22(9-3)20-12-10-11-18(4)17-20/h10-12,17,19H,7-9,13-16H2,1-6H3. The molecule has 0 aromatic heterocycles. The fraction of sp³-hybridized carbons (Fsp3) is 0.714. The SMILES string of the molecule is CCC(C)OCCC(C)(CC)OCCN(CC)c1cccc(C)c1. The van der Waals surface area contributed by atoms with Crippen LogP contribution in [0.25, 0.3) is 0 Å². The number of aryl methyl sites for hydroxylation is 1. The van der Waals surface area contributed by atoms with Gasteiger partial charge in [0, 0.05) is 25.4 Å². The van der Waals surface area contributed by atoms with E-state index in [0.29, 0.717) is 6.10 Å². The van der Waals surface area contributed by atoms with Crippen LogP contribution in [0.5, 0.6) is 0 Å². The average Bonchev–Trinajstić information content (AvgIpc) is 2.58. The molecule has 0 heterocycles. The molecule has 0 N–H and O–H groups in total. The van der Waals surface area contributed by atoms with E-state index in [-0.39, 0.29) is 5.60 Å². The third kappa shape index (κ3) is 7.23. The summed E-state index contributed by atoms with van der Waals surface area (Å²) in [5.41, 5.74) is 2.48. The number of benzene rings is 1. The summed E-state index contributed by atoms with van der Waals surface area (Å²) in [6, 6.07) is 8.67. The van der Waals surface area contributed by atoms with Gasteiger partial charge in [-0.25, -0.2) is 0 Å². The van der Waals surface area contributed by atoms with Crippen LogP contribution in [-0.2, 0) is 9.47 Å². The molecule has 3 heteroatoms. The summed E-state index contributed by atoms with van der Waals surface area (Å²) in [5.74, 6) is 0. The van der Waals surface area contributed by atoms with E-state index in [1.807, 2.05) is 0 Å². The number of rotatable bonds is 12. The molecular formula is C21H37NO2. The number of likely N-dealkylation sites (N-methyl/N-ethyl adjacent to an activating group) is 1. The van der Waals surface area contributed by atoms with Crippen LogP contribution in [0.1, 0.15) is 59.4 Å². The minimum Gasteiger partial charge on any atom is -0.378 e. The zero-order chi connectivity index (χ0) is 18.0. The minimum atomic E-state index is -0.0977. The van der Waals surface area contributed by atoms with Gasteiger partial charge in [-0.2, -0.15) is 0 Å². The van der Waals surface area contributed by atoms with Crippen molar-refractivity contribution in [1.29, 1.82) is 0 Å². The summed E-state index contributed by atoms with van der Waals surface area (Å²) < 4.78 is 12.1. The Kier molecular flexibility index (Phi) is 9.38. The molecule has 2 atom stereocenters. The van der Waals surface area contributed by atoms with E-state index in [4.69, 9.17) is 9.47 Å². The van der Waals surface area contributed by atoms with Crippen LogP contribution in [0.15, 0.2) is 24.3 Å². The van der Waals surface area contributed by atoms with Gasteiger partial charge in [0.25, 0.3) is 0 Å². The average molecular weight is 336 g/mol. The monoisotopic (exact) mass is 335 g/mol. The molecule has 24 heavy (non-hydrogen) atoms. The Morgan fingerprint density at radius 1 is 1.17 bits per heavy atom. The van der Waals surface area contributed by atoms with Crippen molar-refractivity contribution in [2.75, 3.05) is 31.2 Å². The van der Waals surface area contributed by atoms with Crippen LogP contribution in [0, 0.1) is 6.92 Å². The lowest BCUT2D eigenvalue weighted by atomic mass is 9.99. The predicted molar refractivity (Wildman–Crippen MR) is 104 cm³/mol. The molecule has 0 spiro atoms. The number of hydrogen-bond acceptors (Lipinski definition) is 3. The second-order valence-electron chi connectivity index (χ2n) is 6.91. The minimum absolute atomic E-state index is 0.0977. The van der Waals surface area contributed by atoms with Gasteiger partial charge in [0.05, 0.1) is 18.3 Å². The Balaban J connectivity index is 2.46. The fourth-order valence-electron chi connectivity index (χ4n) is 2.64. The molecular weight excluding hydrogens is 298 g/mol. The Hall–Kier alpha value is -1.06. The van der Waals surface area contributed by atoms with Crippen LogP contribution in [0.4, 0.5) is 5.69 Å². The highest BCUT2D eigenvalue weighted by Crippen LogP contribution is 2.21. The highest BCUT2D eigenvalue weighted by atomic mass is 16.5. The Bertz CT molecular complexity index is 463. The molecule has 0 radical (unpaired) electrons. The smallest absolute Gasteiger partial charge is 0.0674 e. The van der Waals surface area contributed by atoms with E-state index >= 15 is 0 Å². The van der Waals surface area contributed by atoms with Crippen molar-refractivity contribution in [3.8, 4) is 0 Å². The molecule has 3 nitrogen and oxygen atoms in total. The third-order valence-corrected chi connectivity index (χ3v) is 4.92. The van der Waals surface area contributed by atoms with Crippen molar-refractivity contribution in [3.05, 3.63) is 29.8 Å². The van der Waals surface area contributed by atoms with E-state index < -0.39 is 0 Å².